The second-order valence-corrected chi connectivity index (χ2v) is 1.68. The standard InChI is InChI=1S/Al.5ClH.Ni/h;5*1H;/q+3;;;;;;+2/p-5. The van der Waals surface area contributed by atoms with E-state index in [1.165, 1.54) is 0 Å². The molecule has 0 heterocycles. The fourth-order valence-corrected chi connectivity index (χ4v) is 0. The van der Waals surface area contributed by atoms with Crippen LogP contribution < -0.4 is 37.2 Å². The Morgan fingerprint density at radius 2 is 0.857 bits per heavy atom. The number of halogens is 5. The van der Waals surface area contributed by atoms with Crippen LogP contribution in [-0.4, -0.2) is 17.4 Å². The van der Waals surface area contributed by atoms with Gasteiger partial charge in [0.15, 0.2) is 0 Å². The van der Waals surface area contributed by atoms with Gasteiger partial charge in [0.05, 0.1) is 0 Å². The topological polar surface area (TPSA) is 0 Å². The van der Waals surface area contributed by atoms with E-state index in [0.29, 0.717) is 12.7 Å². The second kappa shape index (κ2) is 39.2. The number of hydrogen-bond donors (Lipinski definition) is 0. The van der Waals surface area contributed by atoms with E-state index in [2.05, 4.69) is 0 Å². The SMILES string of the molecule is [Al+3].[Cl-].[Cl-].[Cl-].[Cl][Ni][Cl]. The minimum atomic E-state index is 0. The van der Waals surface area contributed by atoms with Gasteiger partial charge in [-0.2, -0.15) is 0 Å². The second-order valence-electron chi connectivity index (χ2n) is 0.0452. The molecule has 0 saturated carbocycles. The summed E-state index contributed by atoms with van der Waals surface area (Å²) in [6.45, 7) is 0. The quantitative estimate of drug-likeness (QED) is 0.381. The Labute approximate surface area is 86.8 Å². The fraction of sp³-hybridized carbons (Fsp3) is 0. The average Bonchev–Trinajstić information content (AvgIpc) is 0.918. The first-order chi connectivity index (χ1) is 1.41. The zero-order valence-corrected chi connectivity index (χ0v) is 8.71. The van der Waals surface area contributed by atoms with Crippen LogP contribution in [0.15, 0.2) is 0 Å². The van der Waals surface area contributed by atoms with Crippen LogP contribution in [0.2, 0.25) is 0 Å². The predicted octanol–water partition coefficient (Wildman–Crippen LogP) is -7.99. The van der Waals surface area contributed by atoms with Gasteiger partial charge in [-0.15, -0.1) is 0 Å². The van der Waals surface area contributed by atoms with Crippen molar-refractivity contribution >= 4 is 37.7 Å². The number of hydrogen-bond acceptors (Lipinski definition) is 0. The van der Waals surface area contributed by atoms with Crippen molar-refractivity contribution in [3.8, 4) is 0 Å². The molecule has 0 rings (SSSR count). The summed E-state index contributed by atoms with van der Waals surface area (Å²) in [6.07, 6.45) is 0. The van der Waals surface area contributed by atoms with Gasteiger partial charge in [-0.3, -0.25) is 0 Å². The summed E-state index contributed by atoms with van der Waals surface area (Å²) in [6, 6.07) is 0. The van der Waals surface area contributed by atoms with Gasteiger partial charge in [0.1, 0.15) is 0 Å². The van der Waals surface area contributed by atoms with Crippen LogP contribution in [-0.2, 0) is 12.7 Å². The van der Waals surface area contributed by atoms with Gasteiger partial charge in [0.2, 0.25) is 0 Å². The first-order valence-corrected chi connectivity index (χ1v) is 2.96. The van der Waals surface area contributed by atoms with Gasteiger partial charge in [-0.05, 0) is 0 Å². The molecule has 0 aromatic carbocycles. The Kier molecular flexibility index (Phi) is 190. The molecule has 0 fully saturated rings. The van der Waals surface area contributed by atoms with Crippen molar-refractivity contribution in [1.29, 1.82) is 0 Å². The fourth-order valence-electron chi connectivity index (χ4n) is 0. The van der Waals surface area contributed by atoms with Crippen LogP contribution >= 0.6 is 20.4 Å². The van der Waals surface area contributed by atoms with Gasteiger partial charge < -0.3 is 37.2 Å². The van der Waals surface area contributed by atoms with Crippen molar-refractivity contribution in [2.75, 3.05) is 0 Å². The summed E-state index contributed by atoms with van der Waals surface area (Å²) in [5, 5.41) is 0. The third kappa shape index (κ3) is 58.0. The van der Waals surface area contributed by atoms with E-state index >= 15 is 0 Å². The van der Waals surface area contributed by atoms with Crippen molar-refractivity contribution < 1.29 is 49.9 Å². The molecular weight excluding hydrogens is 263 g/mol. The first-order valence-electron chi connectivity index (χ1n) is 0.239. The average molecular weight is 263 g/mol. The summed E-state index contributed by atoms with van der Waals surface area (Å²) in [4.78, 5) is 0. The van der Waals surface area contributed by atoms with Gasteiger partial charge >= 0.3 is 50.4 Å². The van der Waals surface area contributed by atoms with E-state index < -0.39 is 0 Å². The van der Waals surface area contributed by atoms with E-state index in [4.69, 9.17) is 20.4 Å². The molecule has 0 spiro atoms. The zero-order valence-electron chi connectivity index (χ0n) is 2.78. The summed E-state index contributed by atoms with van der Waals surface area (Å²) in [7, 11) is 9.40. The maximum atomic E-state index is 4.70. The third-order valence-electron chi connectivity index (χ3n) is 0. The molecule has 0 aliphatic carbocycles. The van der Waals surface area contributed by atoms with Crippen molar-refractivity contribution in [1.82, 2.24) is 0 Å². The molecule has 48 valence electrons. The Morgan fingerprint density at radius 3 is 0.857 bits per heavy atom. The van der Waals surface area contributed by atoms with E-state index in [0.717, 1.165) is 0 Å². The van der Waals surface area contributed by atoms with Crippen LogP contribution in [0, 0.1) is 0 Å². The van der Waals surface area contributed by atoms with E-state index in [1.54, 1.807) is 0 Å². The molecule has 0 saturated heterocycles. The first kappa shape index (κ1) is 34.0. The summed E-state index contributed by atoms with van der Waals surface area (Å²) in [5.41, 5.74) is 0. The zero-order chi connectivity index (χ0) is 2.71. The van der Waals surface area contributed by atoms with Crippen LogP contribution in [0.1, 0.15) is 0 Å². The van der Waals surface area contributed by atoms with Crippen molar-refractivity contribution in [2.45, 2.75) is 0 Å². The Balaban J connectivity index is -0.00000000333. The van der Waals surface area contributed by atoms with Crippen LogP contribution in [0.5, 0.6) is 0 Å². The van der Waals surface area contributed by atoms with Crippen molar-refractivity contribution in [3.05, 3.63) is 0 Å². The van der Waals surface area contributed by atoms with Gasteiger partial charge in [0.25, 0.3) is 0 Å². The molecule has 0 aliphatic heterocycles. The van der Waals surface area contributed by atoms with Crippen LogP contribution in [0.4, 0.5) is 0 Å². The predicted molar refractivity (Wildman–Crippen MR) is 17.5 cm³/mol. The Bertz CT molecular complexity index is 8.04. The van der Waals surface area contributed by atoms with Crippen LogP contribution in [0.25, 0.3) is 0 Å². The minimum absolute atomic E-state index is 0. The third-order valence-corrected chi connectivity index (χ3v) is 0. The van der Waals surface area contributed by atoms with Crippen LogP contribution in [0.3, 0.4) is 0 Å². The normalized spacial score (nSPS) is 3.14. The molecule has 7 heavy (non-hydrogen) atoms. The van der Waals surface area contributed by atoms with E-state index in [1.807, 2.05) is 0 Å². The van der Waals surface area contributed by atoms with Gasteiger partial charge in [-0.1, -0.05) is 0 Å². The van der Waals surface area contributed by atoms with Gasteiger partial charge in [0, 0.05) is 0 Å². The monoisotopic (exact) mass is 260 g/mol. The van der Waals surface area contributed by atoms with E-state index in [9.17, 15) is 0 Å². The molecule has 7 heteroatoms. The molecule has 0 aromatic heterocycles. The molecule has 0 aliphatic rings. The number of rotatable bonds is 0. The molecule has 0 amide bonds. The van der Waals surface area contributed by atoms with E-state index in [-0.39, 0.29) is 54.6 Å². The molecule has 0 N–H and O–H groups in total. The maximum absolute atomic E-state index is 4.70. The molecule has 0 bridgehead atoms. The Hall–Kier alpha value is 2.48. The molecule has 0 aromatic rings. The van der Waals surface area contributed by atoms with Crippen molar-refractivity contribution in [2.24, 2.45) is 0 Å². The summed E-state index contributed by atoms with van der Waals surface area (Å²) < 4.78 is 0. The molecule has 0 radical (unpaired) electrons. The van der Waals surface area contributed by atoms with Crippen molar-refractivity contribution in [3.63, 3.8) is 0 Å². The molecule has 0 unspecified atom stereocenters. The summed E-state index contributed by atoms with van der Waals surface area (Å²) >= 11 is 0.569. The summed E-state index contributed by atoms with van der Waals surface area (Å²) in [5.74, 6) is 0. The molecule has 0 atom stereocenters. The molecule has 0 nitrogen and oxygen atoms in total. The molecular formula is AlCl5Ni. The Morgan fingerprint density at radius 1 is 0.857 bits per heavy atom. The van der Waals surface area contributed by atoms with Gasteiger partial charge in [-0.25, -0.2) is 0 Å².